The van der Waals surface area contributed by atoms with Gasteiger partial charge < -0.3 is 10.6 Å². The van der Waals surface area contributed by atoms with Gasteiger partial charge in [-0.15, -0.1) is 0 Å². The number of carbonyl (C=O) groups is 2. The molecule has 1 aromatic heterocycles. The average molecular weight is 324 g/mol. The molecule has 0 aliphatic rings. The molecule has 2 rings (SSSR count). The van der Waals surface area contributed by atoms with E-state index in [4.69, 9.17) is 0 Å². The van der Waals surface area contributed by atoms with E-state index < -0.39 is 18.0 Å². The lowest BCUT2D eigenvalue weighted by Crippen LogP contribution is -2.36. The zero-order valence-corrected chi connectivity index (χ0v) is 11.6. The van der Waals surface area contributed by atoms with E-state index in [1.54, 1.807) is 17.4 Å². The largest absolute Gasteiger partial charge is 0.471 e. The van der Waals surface area contributed by atoms with Crippen LogP contribution in [0.3, 0.4) is 0 Å². The van der Waals surface area contributed by atoms with Gasteiger partial charge in [-0.25, -0.2) is 4.98 Å². The molecule has 0 saturated carbocycles. The summed E-state index contributed by atoms with van der Waals surface area (Å²) in [6, 6.07) is 6.07. The molecule has 0 aliphatic heterocycles. The number of amides is 2. The first-order valence-electron chi connectivity index (χ1n) is 6.37. The fourth-order valence-corrected chi connectivity index (χ4v) is 1.65. The highest BCUT2D eigenvalue weighted by molar-refractivity contribution is 6.02. The van der Waals surface area contributed by atoms with Crippen LogP contribution in [0.1, 0.15) is 16.1 Å². The number of alkyl halides is 3. The summed E-state index contributed by atoms with van der Waals surface area (Å²) in [5.41, 5.74) is 0.863. The van der Waals surface area contributed by atoms with Crippen molar-refractivity contribution in [2.45, 2.75) is 12.7 Å². The maximum Gasteiger partial charge on any atom is 0.471 e. The lowest BCUT2D eigenvalue weighted by atomic mass is 10.2. The zero-order chi connectivity index (χ0) is 16.9. The number of nitrogens with one attached hydrogen (secondary N) is 2. The first-order valence-corrected chi connectivity index (χ1v) is 6.37. The summed E-state index contributed by atoms with van der Waals surface area (Å²) in [5, 5.41) is 4.29. The molecular formula is C14H11F3N4O2. The summed E-state index contributed by atoms with van der Waals surface area (Å²) in [7, 11) is 0. The third kappa shape index (κ3) is 4.77. The molecule has 0 saturated heterocycles. The number of anilines is 1. The Morgan fingerprint density at radius 2 is 1.96 bits per heavy atom. The van der Waals surface area contributed by atoms with Gasteiger partial charge in [-0.3, -0.25) is 14.6 Å². The Balaban J connectivity index is 2.00. The summed E-state index contributed by atoms with van der Waals surface area (Å²) in [4.78, 5) is 30.2. The van der Waals surface area contributed by atoms with E-state index in [2.05, 4.69) is 15.3 Å². The van der Waals surface area contributed by atoms with Crippen molar-refractivity contribution in [3.63, 3.8) is 0 Å². The van der Waals surface area contributed by atoms with Gasteiger partial charge >= 0.3 is 12.1 Å². The van der Waals surface area contributed by atoms with Gasteiger partial charge in [0, 0.05) is 24.6 Å². The molecule has 0 spiro atoms. The van der Waals surface area contributed by atoms with Crippen molar-refractivity contribution in [3.05, 3.63) is 54.1 Å². The van der Waals surface area contributed by atoms with Gasteiger partial charge in [-0.2, -0.15) is 13.2 Å². The number of halogens is 3. The van der Waals surface area contributed by atoms with Crippen LogP contribution in [-0.2, 0) is 11.3 Å². The second kappa shape index (κ2) is 6.86. The van der Waals surface area contributed by atoms with Crippen molar-refractivity contribution in [2.24, 2.45) is 0 Å². The molecule has 9 heteroatoms. The van der Waals surface area contributed by atoms with E-state index >= 15 is 0 Å². The molecule has 120 valence electrons. The molecule has 2 aromatic rings. The lowest BCUT2D eigenvalue weighted by molar-refractivity contribution is -0.173. The van der Waals surface area contributed by atoms with Crippen LogP contribution in [0.4, 0.5) is 18.9 Å². The molecule has 2 amide bonds. The molecular weight excluding hydrogens is 313 g/mol. The minimum atomic E-state index is -4.93. The number of hydrogen-bond acceptors (Lipinski definition) is 4. The van der Waals surface area contributed by atoms with Crippen LogP contribution in [-0.4, -0.2) is 28.0 Å². The predicted molar refractivity (Wildman–Crippen MR) is 74.3 cm³/mol. The first-order chi connectivity index (χ1) is 10.9. The average Bonchev–Trinajstić information content (AvgIpc) is 2.53. The molecule has 0 atom stereocenters. The standard InChI is InChI=1S/C14H11F3N4O2/c15-14(16,17)13(23)20-7-9-2-1-3-10(6-9)21-12(22)11-8-18-4-5-19-11/h1-6,8H,7H2,(H,20,23)(H,21,22). The van der Waals surface area contributed by atoms with E-state index in [9.17, 15) is 22.8 Å². The Kier molecular flexibility index (Phi) is 4.89. The highest BCUT2D eigenvalue weighted by Gasteiger charge is 2.38. The highest BCUT2D eigenvalue weighted by Crippen LogP contribution is 2.15. The fourth-order valence-electron chi connectivity index (χ4n) is 1.65. The molecule has 0 fully saturated rings. The van der Waals surface area contributed by atoms with Crippen LogP contribution >= 0.6 is 0 Å². The monoisotopic (exact) mass is 324 g/mol. The van der Waals surface area contributed by atoms with Crippen molar-refractivity contribution in [2.75, 3.05) is 5.32 Å². The number of aromatic nitrogens is 2. The first kappa shape index (κ1) is 16.4. The Morgan fingerprint density at radius 3 is 2.61 bits per heavy atom. The van der Waals surface area contributed by atoms with Gasteiger partial charge in [0.05, 0.1) is 6.20 Å². The number of rotatable bonds is 4. The van der Waals surface area contributed by atoms with E-state index in [-0.39, 0.29) is 12.2 Å². The topological polar surface area (TPSA) is 84.0 Å². The molecule has 0 aliphatic carbocycles. The van der Waals surface area contributed by atoms with Gasteiger partial charge in [0.1, 0.15) is 5.69 Å². The van der Waals surface area contributed by atoms with Gasteiger partial charge in [-0.05, 0) is 17.7 Å². The van der Waals surface area contributed by atoms with Crippen molar-refractivity contribution < 1.29 is 22.8 Å². The van der Waals surface area contributed by atoms with Gasteiger partial charge in [0.25, 0.3) is 5.91 Å². The summed E-state index contributed by atoms with van der Waals surface area (Å²) < 4.78 is 36.3. The summed E-state index contributed by atoms with van der Waals surface area (Å²) in [5.74, 6) is -2.53. The van der Waals surface area contributed by atoms with Crippen LogP contribution < -0.4 is 10.6 Å². The molecule has 0 radical (unpaired) electrons. The van der Waals surface area contributed by atoms with Crippen molar-refractivity contribution >= 4 is 17.5 Å². The van der Waals surface area contributed by atoms with E-state index in [0.29, 0.717) is 11.3 Å². The summed E-state index contributed by atoms with van der Waals surface area (Å²) in [6.07, 6.45) is -0.876. The highest BCUT2D eigenvalue weighted by atomic mass is 19.4. The molecule has 1 aromatic carbocycles. The summed E-state index contributed by atoms with van der Waals surface area (Å²) >= 11 is 0. The van der Waals surface area contributed by atoms with Crippen molar-refractivity contribution in [3.8, 4) is 0 Å². The lowest BCUT2D eigenvalue weighted by Gasteiger charge is -2.09. The third-order valence-corrected chi connectivity index (χ3v) is 2.69. The Labute approximate surface area is 128 Å². The normalized spacial score (nSPS) is 10.9. The van der Waals surface area contributed by atoms with Crippen LogP contribution in [0.5, 0.6) is 0 Å². The molecule has 6 nitrogen and oxygen atoms in total. The van der Waals surface area contributed by atoms with Crippen molar-refractivity contribution in [1.82, 2.24) is 15.3 Å². The zero-order valence-electron chi connectivity index (χ0n) is 11.6. The fraction of sp³-hybridized carbons (Fsp3) is 0.143. The second-order valence-electron chi connectivity index (χ2n) is 4.43. The molecule has 23 heavy (non-hydrogen) atoms. The molecule has 0 unspecified atom stereocenters. The Morgan fingerprint density at radius 1 is 1.17 bits per heavy atom. The molecule has 1 heterocycles. The number of hydrogen-bond donors (Lipinski definition) is 2. The Bertz CT molecular complexity index is 705. The minimum Gasteiger partial charge on any atom is -0.344 e. The van der Waals surface area contributed by atoms with E-state index in [0.717, 1.165) is 0 Å². The molecule has 0 bridgehead atoms. The number of carbonyl (C=O) groups excluding carboxylic acids is 2. The van der Waals surface area contributed by atoms with Crippen LogP contribution in [0.2, 0.25) is 0 Å². The number of benzene rings is 1. The second-order valence-corrected chi connectivity index (χ2v) is 4.43. The SMILES string of the molecule is O=C(Nc1cccc(CNC(=O)C(F)(F)F)c1)c1cnccn1. The Hall–Kier alpha value is -2.97. The van der Waals surface area contributed by atoms with E-state index in [1.807, 2.05) is 0 Å². The number of nitrogens with zero attached hydrogens (tertiary/aromatic N) is 2. The van der Waals surface area contributed by atoms with E-state index in [1.165, 1.54) is 30.7 Å². The predicted octanol–water partition coefficient (Wildman–Crippen LogP) is 1.91. The van der Waals surface area contributed by atoms with Gasteiger partial charge in [-0.1, -0.05) is 12.1 Å². The maximum atomic E-state index is 12.1. The summed E-state index contributed by atoms with van der Waals surface area (Å²) in [6.45, 7) is -0.312. The smallest absolute Gasteiger partial charge is 0.344 e. The minimum absolute atomic E-state index is 0.100. The third-order valence-electron chi connectivity index (χ3n) is 2.69. The maximum absolute atomic E-state index is 12.1. The van der Waals surface area contributed by atoms with Crippen LogP contribution in [0.15, 0.2) is 42.9 Å². The van der Waals surface area contributed by atoms with Gasteiger partial charge in [0.2, 0.25) is 0 Å². The van der Waals surface area contributed by atoms with Crippen molar-refractivity contribution in [1.29, 1.82) is 0 Å². The van der Waals surface area contributed by atoms with Crippen LogP contribution in [0.25, 0.3) is 0 Å². The quantitative estimate of drug-likeness (QED) is 0.900. The van der Waals surface area contributed by atoms with Crippen LogP contribution in [0, 0.1) is 0 Å². The van der Waals surface area contributed by atoms with Gasteiger partial charge in [0.15, 0.2) is 0 Å². The molecule has 2 N–H and O–H groups in total.